The van der Waals surface area contributed by atoms with Crippen LogP contribution >= 0.6 is 23.2 Å². The summed E-state index contributed by atoms with van der Waals surface area (Å²) < 4.78 is 60.2. The van der Waals surface area contributed by atoms with Gasteiger partial charge in [0.1, 0.15) is 23.3 Å². The Balaban J connectivity index is 0.000000135. The van der Waals surface area contributed by atoms with E-state index in [4.69, 9.17) is 28.3 Å². The van der Waals surface area contributed by atoms with Gasteiger partial charge in [-0.25, -0.2) is 36.7 Å². The summed E-state index contributed by atoms with van der Waals surface area (Å²) >= 11 is 13.4. The molecule has 8 nitrogen and oxygen atoms in total. The highest BCUT2D eigenvalue weighted by Gasteiger charge is 2.42. The molecule has 0 fully saturated rings. The first kappa shape index (κ1) is 83.8. The molecule has 0 bridgehead atoms. The highest BCUT2D eigenvalue weighted by Crippen LogP contribution is 2.54. The van der Waals surface area contributed by atoms with E-state index in [1.54, 1.807) is 36.4 Å². The Morgan fingerprint density at radius 1 is 0.267 bits per heavy atom. The fourth-order valence-electron chi connectivity index (χ4n) is 18.1. The molecule has 4 N–H and O–H groups in total. The van der Waals surface area contributed by atoms with Crippen LogP contribution in [-0.2, 0) is 43.3 Å². The Morgan fingerprint density at radius 2 is 0.526 bits per heavy atom. The maximum absolute atomic E-state index is 15.5. The van der Waals surface area contributed by atoms with Crippen LogP contribution in [0.5, 0.6) is 0 Å². The van der Waals surface area contributed by atoms with E-state index in [-0.39, 0.29) is 77.2 Å². The monoisotopic (exact) mass is 1600 g/mol. The van der Waals surface area contributed by atoms with Gasteiger partial charge in [-0.15, -0.1) is 0 Å². The molecule has 16 rings (SSSR count). The quantitative estimate of drug-likeness (QED) is 0.110. The lowest BCUT2D eigenvalue weighted by Gasteiger charge is -2.42. The fourth-order valence-corrected chi connectivity index (χ4v) is 18.7. The Bertz CT molecular complexity index is 5710. The molecule has 0 atom stereocenters. The summed E-state index contributed by atoms with van der Waals surface area (Å²) in [4.78, 5) is 44.8. The summed E-state index contributed by atoms with van der Waals surface area (Å²) in [5.41, 5.74) is 19.8. The van der Waals surface area contributed by atoms with E-state index >= 15 is 8.78 Å². The van der Waals surface area contributed by atoms with Crippen molar-refractivity contribution in [1.29, 1.82) is 0 Å². The summed E-state index contributed by atoms with van der Waals surface area (Å²) in [6.45, 7) is 40.4. The summed E-state index contributed by atoms with van der Waals surface area (Å²) in [6, 6.07) is 49.5. The maximum atomic E-state index is 15.5. The van der Waals surface area contributed by atoms with E-state index in [2.05, 4.69) is 160 Å². The molecule has 12 aromatic carbocycles. The summed E-state index contributed by atoms with van der Waals surface area (Å²) in [5, 5.41) is 41.9. The number of carbonyl (C=O) groups is 4. The molecule has 14 heteroatoms. The number of halogens is 6. The summed E-state index contributed by atoms with van der Waals surface area (Å²) in [5.74, 6) is -6.02. The first-order valence-electron chi connectivity index (χ1n) is 39.9. The zero-order valence-corrected chi connectivity index (χ0v) is 71.0. The minimum Gasteiger partial charge on any atom is -0.478 e. The predicted octanol–water partition coefficient (Wildman–Crippen LogP) is 28.7. The van der Waals surface area contributed by atoms with Crippen molar-refractivity contribution in [3.05, 3.63) is 281 Å². The molecule has 116 heavy (non-hydrogen) atoms. The van der Waals surface area contributed by atoms with Gasteiger partial charge < -0.3 is 20.4 Å². The van der Waals surface area contributed by atoms with Gasteiger partial charge >= 0.3 is 23.9 Å². The number of carboxylic acids is 4. The van der Waals surface area contributed by atoms with Crippen molar-refractivity contribution in [1.82, 2.24) is 0 Å². The number of hydrogen-bond donors (Lipinski definition) is 4. The molecule has 0 radical (unpaired) electrons. The van der Waals surface area contributed by atoms with Crippen molar-refractivity contribution in [2.45, 2.75) is 219 Å². The molecule has 0 heterocycles. The second kappa shape index (κ2) is 30.1. The summed E-state index contributed by atoms with van der Waals surface area (Å²) in [6.07, 6.45) is 8.90. The Labute approximate surface area is 688 Å². The Kier molecular flexibility index (Phi) is 21.7. The van der Waals surface area contributed by atoms with Gasteiger partial charge in [0.25, 0.3) is 0 Å². The van der Waals surface area contributed by atoms with Crippen LogP contribution in [0.4, 0.5) is 17.6 Å². The molecule has 0 aliphatic heterocycles. The van der Waals surface area contributed by atoms with Crippen LogP contribution in [-0.4, -0.2) is 44.3 Å². The van der Waals surface area contributed by atoms with E-state index in [9.17, 15) is 43.3 Å². The van der Waals surface area contributed by atoms with Crippen molar-refractivity contribution in [3.63, 3.8) is 0 Å². The van der Waals surface area contributed by atoms with Crippen LogP contribution in [0.25, 0.3) is 87.6 Å². The zero-order valence-electron chi connectivity index (χ0n) is 69.5. The Morgan fingerprint density at radius 3 is 0.879 bits per heavy atom. The van der Waals surface area contributed by atoms with Crippen LogP contribution < -0.4 is 0 Å². The smallest absolute Gasteiger partial charge is 0.335 e. The van der Waals surface area contributed by atoms with Crippen molar-refractivity contribution in [2.75, 3.05) is 0 Å². The molecule has 0 unspecified atom stereocenters. The lowest BCUT2D eigenvalue weighted by Crippen LogP contribution is -2.34. The van der Waals surface area contributed by atoms with Crippen LogP contribution in [0.3, 0.4) is 0 Å². The molecule has 600 valence electrons. The second-order valence-electron chi connectivity index (χ2n) is 38.0. The van der Waals surface area contributed by atoms with Crippen molar-refractivity contribution >= 4 is 90.2 Å². The van der Waals surface area contributed by atoms with Crippen molar-refractivity contribution < 1.29 is 57.2 Å². The number of aryl methyl sites for hydroxylation is 2. The van der Waals surface area contributed by atoms with Gasteiger partial charge in [-0.3, -0.25) is 0 Å². The topological polar surface area (TPSA) is 149 Å². The number of rotatable bonds is 8. The molecule has 4 aliphatic carbocycles. The van der Waals surface area contributed by atoms with Crippen LogP contribution in [0.15, 0.2) is 170 Å². The van der Waals surface area contributed by atoms with E-state index < -0.39 is 35.5 Å². The SMILES string of the molecule is CC1(C)CCC(C)(C)c2cc(-c3ccc4cc(C(=O)O)cc(F)c4c3)c(Cl)cc21.CC1(C)CCC(C)(C)c2cc(-c3ccc4cc(C(=O)O)ccc4c3F)c(Cl)cc21.Cc1cc2c(cc1-c1ccc3cc(C(=O)O)cc(F)c3c1)C(C)(C)CCC2(C)C.Cc1cc2c(cc1-c1ccc3cc(C(=O)O)ccc3c1F)C(C)(C)CCC2(C)C. The van der Waals surface area contributed by atoms with Crippen LogP contribution in [0, 0.1) is 37.1 Å². The standard InChI is InChI=1S/2C26H27FO2.2C25H24ClFO2/c1-15-12-21-22(26(4,5)11-10-25(21,2)3)14-20(15)19-9-6-16-13-17(24(28)29)7-8-18(16)23(19)27;1-15-10-21-22(26(4,5)9-8-25(21,2)3)14-19(15)17-7-6-16-11-18(24(28)29)13-23(27)20(16)12-17;1-24(2)9-10-25(3,4)20-13-21(26)18(12-19(20)24)17-8-5-14-11-15(23(28)29)6-7-16(14)22(17)27;1-24(2)7-8-25(3,4)20-13-21(26)17(12-19(20)24)15-6-5-14-9-16(23(28)29)11-22(27)18(14)10-15/h6-9,12-14H,10-11H2,1-5H3,(H,28,29);6-7,10-14H,8-9H2,1-5H3,(H,28,29);5-8,11-13H,9-10H2,1-4H3,(H,28,29);5-6,9-13H,7-8H2,1-4H3,(H,28,29). The van der Waals surface area contributed by atoms with Crippen molar-refractivity contribution in [2.24, 2.45) is 0 Å². The maximum Gasteiger partial charge on any atom is 0.335 e. The first-order valence-corrected chi connectivity index (χ1v) is 40.6. The van der Waals surface area contributed by atoms with E-state index in [1.807, 2.05) is 43.3 Å². The highest BCUT2D eigenvalue weighted by atomic mass is 35.5. The normalized spacial score (nSPS) is 17.2. The van der Waals surface area contributed by atoms with Gasteiger partial charge in [-0.2, -0.15) is 0 Å². The third-order valence-corrected chi connectivity index (χ3v) is 26.8. The molecule has 0 amide bonds. The molecule has 0 saturated heterocycles. The number of aromatic carboxylic acids is 4. The lowest BCUT2D eigenvalue weighted by atomic mass is 9.62. The average molecular weight is 1600 g/mol. The van der Waals surface area contributed by atoms with Gasteiger partial charge in [0.2, 0.25) is 0 Å². The number of hydrogen-bond acceptors (Lipinski definition) is 4. The number of fused-ring (bicyclic) bond motifs is 8. The van der Waals surface area contributed by atoms with Gasteiger partial charge in [0, 0.05) is 53.8 Å². The minimum absolute atomic E-state index is 0.00605. The van der Waals surface area contributed by atoms with Crippen LogP contribution in [0.1, 0.15) is 259 Å². The van der Waals surface area contributed by atoms with E-state index in [0.29, 0.717) is 69.8 Å². The Hall–Kier alpha value is -10.1. The van der Waals surface area contributed by atoms with Gasteiger partial charge in [-0.1, -0.05) is 213 Å². The third-order valence-electron chi connectivity index (χ3n) is 26.2. The molecular formula is C102H102Cl2F4O8. The number of benzene rings is 12. The average Bonchev–Trinajstić information content (AvgIpc) is 0.749. The lowest BCUT2D eigenvalue weighted by molar-refractivity contribution is 0.0686. The zero-order chi connectivity index (χ0) is 84.5. The molecule has 4 aliphatic rings. The third kappa shape index (κ3) is 15.8. The van der Waals surface area contributed by atoms with E-state index in [1.165, 1.54) is 99.0 Å². The van der Waals surface area contributed by atoms with Crippen LogP contribution in [0.2, 0.25) is 10.0 Å². The highest BCUT2D eigenvalue weighted by molar-refractivity contribution is 6.34. The summed E-state index contributed by atoms with van der Waals surface area (Å²) in [7, 11) is 0. The minimum atomic E-state index is -1.14. The van der Waals surface area contributed by atoms with E-state index in [0.717, 1.165) is 90.5 Å². The number of carboxylic acid groups (broad SMARTS) is 4. The largest absolute Gasteiger partial charge is 0.478 e. The van der Waals surface area contributed by atoms with Gasteiger partial charge in [0.15, 0.2) is 0 Å². The fraction of sp³-hybridized carbons (Fsp3) is 0.333. The van der Waals surface area contributed by atoms with Crippen molar-refractivity contribution in [3.8, 4) is 44.5 Å². The van der Waals surface area contributed by atoms with Gasteiger partial charge in [-0.05, 0) is 299 Å². The molecule has 0 saturated carbocycles. The molecular weight excluding hydrogens is 1500 g/mol. The molecule has 0 aromatic heterocycles. The molecule has 12 aromatic rings. The van der Waals surface area contributed by atoms with Gasteiger partial charge in [0.05, 0.1) is 22.3 Å². The predicted molar refractivity (Wildman–Crippen MR) is 466 cm³/mol. The molecule has 0 spiro atoms. The second-order valence-corrected chi connectivity index (χ2v) is 38.8. The first-order chi connectivity index (χ1) is 54.0.